The number of nitrogens with zero attached hydrogens (tertiary/aromatic N) is 2. The van der Waals surface area contributed by atoms with Crippen LogP contribution in [0.4, 0.5) is 8.78 Å². The van der Waals surface area contributed by atoms with Gasteiger partial charge in [0, 0.05) is 28.4 Å². The van der Waals surface area contributed by atoms with Crippen LogP contribution in [0.25, 0.3) is 21.2 Å². The van der Waals surface area contributed by atoms with Crippen molar-refractivity contribution in [1.29, 1.82) is 0 Å². The zero-order valence-corrected chi connectivity index (χ0v) is 15.7. The molecule has 0 bridgehead atoms. The molecule has 4 nitrogen and oxygen atoms in total. The van der Waals surface area contributed by atoms with Gasteiger partial charge in [0.2, 0.25) is 5.91 Å². The summed E-state index contributed by atoms with van der Waals surface area (Å²) in [5.41, 5.74) is 0.815. The van der Waals surface area contributed by atoms with Gasteiger partial charge in [-0.25, -0.2) is 8.78 Å². The molecule has 1 saturated heterocycles. The first kappa shape index (κ1) is 18.1. The van der Waals surface area contributed by atoms with E-state index in [9.17, 15) is 18.4 Å². The minimum Gasteiger partial charge on any atom is -0.338 e. The lowest BCUT2D eigenvalue weighted by Gasteiger charge is -2.16. The Balaban J connectivity index is 1.72. The molecule has 0 saturated carbocycles. The van der Waals surface area contributed by atoms with Gasteiger partial charge in [-0.2, -0.15) is 0 Å². The highest BCUT2D eigenvalue weighted by atomic mass is 35.5. The second-order valence-corrected chi connectivity index (χ2v) is 7.81. The summed E-state index contributed by atoms with van der Waals surface area (Å²) in [6.45, 7) is 0.292. The first-order valence-electron chi connectivity index (χ1n) is 8.42. The SMILES string of the molecule is O=C(Cn1ccc2scc(-c3ccc(Cl)c(F)c3)c2c1=O)N1CCC(F)C1. The second kappa shape index (κ2) is 7.05. The third kappa shape index (κ3) is 3.37. The molecule has 4 rings (SSSR count). The van der Waals surface area contributed by atoms with E-state index in [1.807, 2.05) is 0 Å². The van der Waals surface area contributed by atoms with E-state index in [2.05, 4.69) is 0 Å². The smallest absolute Gasteiger partial charge is 0.260 e. The van der Waals surface area contributed by atoms with Crippen LogP contribution in [-0.4, -0.2) is 34.6 Å². The van der Waals surface area contributed by atoms with E-state index in [1.54, 1.807) is 23.7 Å². The van der Waals surface area contributed by atoms with Crippen LogP contribution in [0.1, 0.15) is 6.42 Å². The number of fused-ring (bicyclic) bond motifs is 1. The van der Waals surface area contributed by atoms with Crippen molar-refractivity contribution < 1.29 is 13.6 Å². The highest BCUT2D eigenvalue weighted by molar-refractivity contribution is 7.17. The van der Waals surface area contributed by atoms with Crippen LogP contribution in [0.2, 0.25) is 5.02 Å². The summed E-state index contributed by atoms with van der Waals surface area (Å²) in [6, 6.07) is 6.14. The van der Waals surface area contributed by atoms with Crippen LogP contribution in [0.5, 0.6) is 0 Å². The molecule has 1 atom stereocenters. The van der Waals surface area contributed by atoms with Crippen molar-refractivity contribution in [2.45, 2.75) is 19.1 Å². The predicted octanol–water partition coefficient (Wildman–Crippen LogP) is 4.09. The monoisotopic (exact) mass is 408 g/mol. The molecule has 0 aliphatic carbocycles. The molecule has 0 N–H and O–H groups in total. The number of aromatic nitrogens is 1. The Morgan fingerprint density at radius 3 is 2.85 bits per heavy atom. The summed E-state index contributed by atoms with van der Waals surface area (Å²) < 4.78 is 29.2. The molecule has 8 heteroatoms. The lowest BCUT2D eigenvalue weighted by Crippen LogP contribution is -2.35. The molecule has 0 radical (unpaired) electrons. The van der Waals surface area contributed by atoms with Crippen LogP contribution >= 0.6 is 22.9 Å². The summed E-state index contributed by atoms with van der Waals surface area (Å²) in [6.07, 6.45) is 0.890. The number of thiophene rings is 1. The number of carbonyl (C=O) groups is 1. The van der Waals surface area contributed by atoms with Gasteiger partial charge in [0.1, 0.15) is 18.5 Å². The van der Waals surface area contributed by atoms with Crippen LogP contribution in [-0.2, 0) is 11.3 Å². The fourth-order valence-corrected chi connectivity index (χ4v) is 4.35. The van der Waals surface area contributed by atoms with Gasteiger partial charge in [-0.15, -0.1) is 11.3 Å². The van der Waals surface area contributed by atoms with Crippen LogP contribution in [0.3, 0.4) is 0 Å². The van der Waals surface area contributed by atoms with E-state index in [1.165, 1.54) is 32.9 Å². The molecule has 3 heterocycles. The summed E-state index contributed by atoms with van der Waals surface area (Å²) in [5, 5.41) is 2.23. The molecule has 1 amide bonds. The maximum absolute atomic E-state index is 13.8. The number of likely N-dealkylation sites (tertiary alicyclic amines) is 1. The van der Waals surface area contributed by atoms with E-state index in [0.29, 0.717) is 29.5 Å². The molecule has 1 aromatic carbocycles. The quantitative estimate of drug-likeness (QED) is 0.655. The topological polar surface area (TPSA) is 42.3 Å². The molecule has 2 aromatic heterocycles. The molecule has 1 aliphatic rings. The highest BCUT2D eigenvalue weighted by Crippen LogP contribution is 2.33. The predicted molar refractivity (Wildman–Crippen MR) is 103 cm³/mol. The Labute approximate surface area is 162 Å². The fourth-order valence-electron chi connectivity index (χ4n) is 3.28. The van der Waals surface area contributed by atoms with Gasteiger partial charge in [0.25, 0.3) is 5.56 Å². The molecule has 0 spiro atoms. The molecular formula is C19H15ClF2N2O2S. The van der Waals surface area contributed by atoms with Gasteiger partial charge < -0.3 is 9.47 Å². The Hall–Kier alpha value is -2.25. The van der Waals surface area contributed by atoms with Crippen LogP contribution < -0.4 is 5.56 Å². The number of halogens is 3. The molecule has 140 valence electrons. The number of hydrogen-bond donors (Lipinski definition) is 0. The van der Waals surface area contributed by atoms with Gasteiger partial charge in [-0.1, -0.05) is 17.7 Å². The van der Waals surface area contributed by atoms with E-state index in [0.717, 1.165) is 4.70 Å². The van der Waals surface area contributed by atoms with E-state index >= 15 is 0 Å². The zero-order chi connectivity index (χ0) is 19.1. The third-order valence-electron chi connectivity index (χ3n) is 4.72. The van der Waals surface area contributed by atoms with E-state index in [-0.39, 0.29) is 29.6 Å². The fraction of sp³-hybridized carbons (Fsp3) is 0.263. The van der Waals surface area contributed by atoms with Crippen molar-refractivity contribution >= 4 is 38.9 Å². The minimum atomic E-state index is -1.00. The summed E-state index contributed by atoms with van der Waals surface area (Å²) in [7, 11) is 0. The summed E-state index contributed by atoms with van der Waals surface area (Å²) >= 11 is 7.11. The van der Waals surface area contributed by atoms with Crippen molar-refractivity contribution in [3.05, 3.63) is 57.0 Å². The maximum Gasteiger partial charge on any atom is 0.260 e. The lowest BCUT2D eigenvalue weighted by atomic mass is 10.1. The standard InChI is InChI=1S/C19H15ClF2N2O2S/c20-14-2-1-11(7-15(14)22)13-10-27-16-4-6-24(19(26)18(13)16)9-17(25)23-5-3-12(21)8-23/h1-2,4,6-7,10,12H,3,5,8-9H2. The zero-order valence-electron chi connectivity index (χ0n) is 14.1. The molecule has 3 aromatic rings. The van der Waals surface area contributed by atoms with Crippen molar-refractivity contribution in [2.24, 2.45) is 0 Å². The number of rotatable bonds is 3. The summed E-state index contributed by atoms with van der Waals surface area (Å²) in [4.78, 5) is 26.8. The van der Waals surface area contributed by atoms with Crippen molar-refractivity contribution in [3.8, 4) is 11.1 Å². The normalized spacial score (nSPS) is 17.0. The highest BCUT2D eigenvalue weighted by Gasteiger charge is 2.26. The first-order valence-corrected chi connectivity index (χ1v) is 9.67. The number of pyridine rings is 1. The number of amides is 1. The van der Waals surface area contributed by atoms with Crippen molar-refractivity contribution in [1.82, 2.24) is 9.47 Å². The van der Waals surface area contributed by atoms with Gasteiger partial charge in [-0.3, -0.25) is 9.59 Å². The van der Waals surface area contributed by atoms with E-state index in [4.69, 9.17) is 11.6 Å². The number of alkyl halides is 1. The Morgan fingerprint density at radius 2 is 2.15 bits per heavy atom. The maximum atomic E-state index is 13.8. The largest absolute Gasteiger partial charge is 0.338 e. The molecule has 1 fully saturated rings. The summed E-state index contributed by atoms with van der Waals surface area (Å²) in [5.74, 6) is -0.847. The average molecular weight is 409 g/mol. The lowest BCUT2D eigenvalue weighted by molar-refractivity contribution is -0.131. The minimum absolute atomic E-state index is 0.0121. The molecular weight excluding hydrogens is 394 g/mol. The van der Waals surface area contributed by atoms with Crippen LogP contribution in [0, 0.1) is 5.82 Å². The number of carbonyl (C=O) groups excluding carboxylic acids is 1. The first-order chi connectivity index (χ1) is 12.9. The number of benzene rings is 1. The van der Waals surface area contributed by atoms with Gasteiger partial charge in [-0.05, 0) is 30.2 Å². The Kier molecular flexibility index (Phi) is 4.74. The molecule has 1 unspecified atom stereocenters. The van der Waals surface area contributed by atoms with E-state index < -0.39 is 12.0 Å². The molecule has 27 heavy (non-hydrogen) atoms. The molecule has 1 aliphatic heterocycles. The van der Waals surface area contributed by atoms with Crippen LogP contribution in [0.15, 0.2) is 40.6 Å². The van der Waals surface area contributed by atoms with Crippen molar-refractivity contribution in [2.75, 3.05) is 13.1 Å². The Morgan fingerprint density at radius 1 is 1.33 bits per heavy atom. The van der Waals surface area contributed by atoms with Crippen molar-refractivity contribution in [3.63, 3.8) is 0 Å². The average Bonchev–Trinajstić information content (AvgIpc) is 3.26. The van der Waals surface area contributed by atoms with Gasteiger partial charge in [0.05, 0.1) is 17.0 Å². The number of hydrogen-bond acceptors (Lipinski definition) is 3. The van der Waals surface area contributed by atoms with Gasteiger partial charge >= 0.3 is 0 Å². The second-order valence-electron chi connectivity index (χ2n) is 6.49. The Bertz CT molecular complexity index is 1090. The third-order valence-corrected chi connectivity index (χ3v) is 5.97. The van der Waals surface area contributed by atoms with Gasteiger partial charge in [0.15, 0.2) is 0 Å².